The predicted octanol–water partition coefficient (Wildman–Crippen LogP) is 3.50. The van der Waals surface area contributed by atoms with Crippen molar-refractivity contribution in [1.82, 2.24) is 5.16 Å². The Balaban J connectivity index is 2.09. The molecule has 1 aromatic carbocycles. The number of carbonyl (C=O) groups is 1. The highest BCUT2D eigenvalue weighted by atomic mass is 16.5. The van der Waals surface area contributed by atoms with E-state index in [1.54, 1.807) is 6.07 Å². The number of carbonyl (C=O) groups excluding carboxylic acids is 1. The van der Waals surface area contributed by atoms with E-state index in [0.29, 0.717) is 5.69 Å². The highest BCUT2D eigenvalue weighted by Crippen LogP contribution is 2.15. The standard InChI is InChI=1S/C15H18N2O2/c1-4-5-13-9-14(17-19-13)15(18)16-12-7-6-10(2)11(3)8-12/h6-9H,4-5H2,1-3H3,(H,16,18). The third-order valence-electron chi connectivity index (χ3n) is 3.05. The number of benzene rings is 1. The number of aryl methyl sites for hydroxylation is 3. The van der Waals surface area contributed by atoms with Gasteiger partial charge in [-0.15, -0.1) is 0 Å². The molecular weight excluding hydrogens is 240 g/mol. The van der Waals surface area contributed by atoms with E-state index in [1.807, 2.05) is 32.0 Å². The highest BCUT2D eigenvalue weighted by molar-refractivity contribution is 6.02. The van der Waals surface area contributed by atoms with E-state index >= 15 is 0 Å². The van der Waals surface area contributed by atoms with Crippen LogP contribution in [0.2, 0.25) is 0 Å². The maximum Gasteiger partial charge on any atom is 0.277 e. The lowest BCUT2D eigenvalue weighted by atomic mass is 10.1. The van der Waals surface area contributed by atoms with E-state index in [9.17, 15) is 4.79 Å². The summed E-state index contributed by atoms with van der Waals surface area (Å²) in [6.07, 6.45) is 1.76. The summed E-state index contributed by atoms with van der Waals surface area (Å²) < 4.78 is 5.10. The van der Waals surface area contributed by atoms with Crippen LogP contribution in [-0.4, -0.2) is 11.1 Å². The van der Waals surface area contributed by atoms with Crippen LogP contribution in [0.3, 0.4) is 0 Å². The zero-order chi connectivity index (χ0) is 13.8. The first-order chi connectivity index (χ1) is 9.10. The van der Waals surface area contributed by atoms with Gasteiger partial charge < -0.3 is 9.84 Å². The van der Waals surface area contributed by atoms with Crippen molar-refractivity contribution >= 4 is 11.6 Å². The fourth-order valence-electron chi connectivity index (χ4n) is 1.80. The first-order valence-electron chi connectivity index (χ1n) is 6.44. The number of rotatable bonds is 4. The summed E-state index contributed by atoms with van der Waals surface area (Å²) in [5, 5.41) is 6.60. The molecule has 0 aliphatic heterocycles. The van der Waals surface area contributed by atoms with Crippen LogP contribution < -0.4 is 5.32 Å². The van der Waals surface area contributed by atoms with Crippen LogP contribution in [0.15, 0.2) is 28.8 Å². The molecule has 0 unspecified atom stereocenters. The molecule has 2 aromatic rings. The zero-order valence-electron chi connectivity index (χ0n) is 11.5. The molecule has 4 heteroatoms. The van der Waals surface area contributed by atoms with Gasteiger partial charge in [0, 0.05) is 18.2 Å². The van der Waals surface area contributed by atoms with Gasteiger partial charge in [0.05, 0.1) is 0 Å². The molecule has 19 heavy (non-hydrogen) atoms. The summed E-state index contributed by atoms with van der Waals surface area (Å²) in [5.74, 6) is 0.502. The highest BCUT2D eigenvalue weighted by Gasteiger charge is 2.12. The van der Waals surface area contributed by atoms with Crippen LogP contribution in [-0.2, 0) is 6.42 Å². The average Bonchev–Trinajstić information content (AvgIpc) is 2.83. The minimum Gasteiger partial charge on any atom is -0.361 e. The monoisotopic (exact) mass is 258 g/mol. The minimum absolute atomic E-state index is 0.241. The average molecular weight is 258 g/mol. The van der Waals surface area contributed by atoms with Gasteiger partial charge in [-0.1, -0.05) is 18.1 Å². The van der Waals surface area contributed by atoms with Gasteiger partial charge in [0.15, 0.2) is 5.69 Å². The lowest BCUT2D eigenvalue weighted by Gasteiger charge is -2.05. The molecule has 0 aliphatic rings. The summed E-state index contributed by atoms with van der Waals surface area (Å²) >= 11 is 0. The second kappa shape index (κ2) is 5.69. The van der Waals surface area contributed by atoms with Gasteiger partial charge in [-0.25, -0.2) is 0 Å². The Labute approximate surface area is 112 Å². The van der Waals surface area contributed by atoms with Crippen molar-refractivity contribution in [3.63, 3.8) is 0 Å². The summed E-state index contributed by atoms with van der Waals surface area (Å²) in [4.78, 5) is 12.0. The predicted molar refractivity (Wildman–Crippen MR) is 74.4 cm³/mol. The van der Waals surface area contributed by atoms with Crippen LogP contribution in [0.4, 0.5) is 5.69 Å². The summed E-state index contributed by atoms with van der Waals surface area (Å²) in [6.45, 7) is 6.10. The van der Waals surface area contributed by atoms with Crippen molar-refractivity contribution in [1.29, 1.82) is 0 Å². The number of nitrogens with zero attached hydrogens (tertiary/aromatic N) is 1. The number of hydrogen-bond donors (Lipinski definition) is 1. The lowest BCUT2D eigenvalue weighted by Crippen LogP contribution is -2.12. The van der Waals surface area contributed by atoms with Gasteiger partial charge in [-0.2, -0.15) is 0 Å². The number of amides is 1. The minimum atomic E-state index is -0.241. The van der Waals surface area contributed by atoms with Crippen LogP contribution in [0, 0.1) is 13.8 Å². The van der Waals surface area contributed by atoms with Gasteiger partial charge in [0.2, 0.25) is 0 Å². The SMILES string of the molecule is CCCc1cc(C(=O)Nc2ccc(C)c(C)c2)no1. The van der Waals surface area contributed by atoms with E-state index in [2.05, 4.69) is 17.4 Å². The molecule has 0 spiro atoms. The lowest BCUT2D eigenvalue weighted by molar-refractivity contribution is 0.101. The Morgan fingerprint density at radius 3 is 2.74 bits per heavy atom. The summed E-state index contributed by atoms with van der Waals surface area (Å²) in [5.41, 5.74) is 3.43. The largest absolute Gasteiger partial charge is 0.361 e. The fourth-order valence-corrected chi connectivity index (χ4v) is 1.80. The van der Waals surface area contributed by atoms with Gasteiger partial charge >= 0.3 is 0 Å². The molecule has 0 saturated carbocycles. The fraction of sp³-hybridized carbons (Fsp3) is 0.333. The number of hydrogen-bond acceptors (Lipinski definition) is 3. The number of anilines is 1. The molecule has 4 nitrogen and oxygen atoms in total. The van der Waals surface area contributed by atoms with Gasteiger partial charge in [-0.05, 0) is 43.5 Å². The van der Waals surface area contributed by atoms with Crippen molar-refractivity contribution in [3.05, 3.63) is 46.8 Å². The first kappa shape index (κ1) is 13.3. The Morgan fingerprint density at radius 1 is 1.26 bits per heavy atom. The van der Waals surface area contributed by atoms with Crippen LogP contribution in [0.1, 0.15) is 40.7 Å². The van der Waals surface area contributed by atoms with Gasteiger partial charge in [-0.3, -0.25) is 4.79 Å². The van der Waals surface area contributed by atoms with Crippen LogP contribution >= 0.6 is 0 Å². The second-order valence-electron chi connectivity index (χ2n) is 4.68. The molecule has 0 fully saturated rings. The molecular formula is C15H18N2O2. The molecule has 0 bridgehead atoms. The molecule has 0 saturated heterocycles. The van der Waals surface area contributed by atoms with Crippen molar-refractivity contribution in [2.45, 2.75) is 33.6 Å². The molecule has 100 valence electrons. The molecule has 0 aliphatic carbocycles. The topological polar surface area (TPSA) is 55.1 Å². The Morgan fingerprint density at radius 2 is 2.05 bits per heavy atom. The van der Waals surface area contributed by atoms with E-state index in [4.69, 9.17) is 4.52 Å². The normalized spacial score (nSPS) is 10.5. The van der Waals surface area contributed by atoms with Crippen molar-refractivity contribution in [3.8, 4) is 0 Å². The number of aromatic nitrogens is 1. The molecule has 0 radical (unpaired) electrons. The Bertz CT molecular complexity index is 588. The quantitative estimate of drug-likeness (QED) is 0.913. The summed E-state index contributed by atoms with van der Waals surface area (Å²) in [6, 6.07) is 7.50. The van der Waals surface area contributed by atoms with E-state index in [0.717, 1.165) is 29.9 Å². The van der Waals surface area contributed by atoms with Crippen molar-refractivity contribution in [2.24, 2.45) is 0 Å². The maximum absolute atomic E-state index is 12.0. The first-order valence-corrected chi connectivity index (χ1v) is 6.44. The molecule has 0 atom stereocenters. The molecule has 1 aromatic heterocycles. The van der Waals surface area contributed by atoms with E-state index < -0.39 is 0 Å². The van der Waals surface area contributed by atoms with E-state index in [1.165, 1.54) is 5.56 Å². The van der Waals surface area contributed by atoms with Crippen LogP contribution in [0.5, 0.6) is 0 Å². The van der Waals surface area contributed by atoms with Gasteiger partial charge in [0.25, 0.3) is 5.91 Å². The Hall–Kier alpha value is -2.10. The second-order valence-corrected chi connectivity index (χ2v) is 4.68. The Kier molecular flexibility index (Phi) is 4.00. The molecule has 1 N–H and O–H groups in total. The third kappa shape index (κ3) is 3.22. The maximum atomic E-state index is 12.0. The third-order valence-corrected chi connectivity index (χ3v) is 3.05. The van der Waals surface area contributed by atoms with Crippen molar-refractivity contribution in [2.75, 3.05) is 5.32 Å². The molecule has 2 rings (SSSR count). The van der Waals surface area contributed by atoms with Crippen LogP contribution in [0.25, 0.3) is 0 Å². The van der Waals surface area contributed by atoms with Crippen molar-refractivity contribution < 1.29 is 9.32 Å². The van der Waals surface area contributed by atoms with E-state index in [-0.39, 0.29) is 5.91 Å². The van der Waals surface area contributed by atoms with Gasteiger partial charge in [0.1, 0.15) is 5.76 Å². The molecule has 1 amide bonds. The smallest absolute Gasteiger partial charge is 0.277 e. The molecule has 1 heterocycles. The zero-order valence-corrected chi connectivity index (χ0v) is 11.5. The summed E-state index contributed by atoms with van der Waals surface area (Å²) in [7, 11) is 0. The number of nitrogens with one attached hydrogen (secondary N) is 1.